The number of hydrogen-bond acceptors (Lipinski definition) is 5. The predicted molar refractivity (Wildman–Crippen MR) is 107 cm³/mol. The van der Waals surface area contributed by atoms with Crippen molar-refractivity contribution < 1.29 is 9.52 Å². The fourth-order valence-electron chi connectivity index (χ4n) is 2.87. The van der Waals surface area contributed by atoms with Gasteiger partial charge in [-0.05, 0) is 36.2 Å². The Hall–Kier alpha value is -2.70. The summed E-state index contributed by atoms with van der Waals surface area (Å²) in [6, 6.07) is 12.6. The number of halogens is 1. The molecule has 27 heavy (non-hydrogen) atoms. The lowest BCUT2D eigenvalue weighted by molar-refractivity contribution is 0.473. The number of thioether (sulfide) groups is 1. The monoisotopic (exact) mass is 398 g/mol. The molecule has 136 valence electrons. The summed E-state index contributed by atoms with van der Waals surface area (Å²) in [6.07, 6.45) is 3.65. The van der Waals surface area contributed by atoms with Gasteiger partial charge in [-0.25, -0.2) is 9.78 Å². The molecule has 0 saturated carbocycles. The smallest absolute Gasteiger partial charge is 0.336 e. The van der Waals surface area contributed by atoms with Crippen LogP contribution in [-0.2, 0) is 5.75 Å². The van der Waals surface area contributed by atoms with E-state index in [1.807, 2.05) is 35.9 Å². The van der Waals surface area contributed by atoms with Gasteiger partial charge >= 0.3 is 5.63 Å². The Labute approximate surface area is 164 Å². The van der Waals surface area contributed by atoms with Crippen LogP contribution < -0.4 is 5.63 Å². The first-order valence-electron chi connectivity index (χ1n) is 8.20. The number of aromatic hydroxyl groups is 1. The summed E-state index contributed by atoms with van der Waals surface area (Å²) in [5, 5.41) is 11.5. The normalized spacial score (nSPS) is 11.2. The Morgan fingerprint density at radius 3 is 2.93 bits per heavy atom. The van der Waals surface area contributed by atoms with Crippen LogP contribution in [0, 0.1) is 6.92 Å². The van der Waals surface area contributed by atoms with Crippen molar-refractivity contribution in [3.05, 3.63) is 81.4 Å². The molecule has 0 amide bonds. The number of phenols is 1. The van der Waals surface area contributed by atoms with Crippen LogP contribution >= 0.6 is 23.4 Å². The van der Waals surface area contributed by atoms with E-state index in [9.17, 15) is 9.90 Å². The number of aromatic nitrogens is 2. The summed E-state index contributed by atoms with van der Waals surface area (Å²) in [7, 11) is 0. The zero-order valence-corrected chi connectivity index (χ0v) is 15.9. The van der Waals surface area contributed by atoms with Crippen molar-refractivity contribution in [3.63, 3.8) is 0 Å². The molecular weight excluding hydrogens is 384 g/mol. The quantitative estimate of drug-likeness (QED) is 0.389. The SMILES string of the molecule is Cc1cccc(-n2ccnc2SCc2cc(=O)oc3cc(O)c(Cl)cc23)c1. The number of aryl methyl sites for hydroxylation is 1. The highest BCUT2D eigenvalue weighted by Crippen LogP contribution is 2.32. The van der Waals surface area contributed by atoms with E-state index in [4.69, 9.17) is 16.0 Å². The Balaban J connectivity index is 1.68. The summed E-state index contributed by atoms with van der Waals surface area (Å²) in [5.74, 6) is 0.388. The molecule has 0 bridgehead atoms. The van der Waals surface area contributed by atoms with E-state index in [1.54, 1.807) is 12.3 Å². The highest BCUT2D eigenvalue weighted by atomic mass is 35.5. The topological polar surface area (TPSA) is 68.3 Å². The standard InChI is InChI=1S/C20H15ClN2O3S/c1-12-3-2-4-14(7-12)23-6-5-22-20(23)27-11-13-8-19(25)26-18-10-17(24)16(21)9-15(13)18/h2-10,24H,11H2,1H3. The molecule has 0 atom stereocenters. The van der Waals surface area contributed by atoms with Crippen LogP contribution in [0.3, 0.4) is 0 Å². The van der Waals surface area contributed by atoms with E-state index in [0.29, 0.717) is 16.7 Å². The minimum atomic E-state index is -0.471. The molecule has 1 N–H and O–H groups in total. The number of benzene rings is 2. The van der Waals surface area contributed by atoms with Gasteiger partial charge in [0.25, 0.3) is 0 Å². The largest absolute Gasteiger partial charge is 0.506 e. The third kappa shape index (κ3) is 3.59. The number of hydrogen-bond donors (Lipinski definition) is 1. The summed E-state index contributed by atoms with van der Waals surface area (Å²) in [5.41, 5.74) is 2.80. The molecule has 0 aliphatic heterocycles. The van der Waals surface area contributed by atoms with Crippen molar-refractivity contribution in [2.75, 3.05) is 0 Å². The van der Waals surface area contributed by atoms with Crippen molar-refractivity contribution in [2.45, 2.75) is 17.8 Å². The van der Waals surface area contributed by atoms with Crippen LogP contribution in [0.1, 0.15) is 11.1 Å². The number of nitrogens with zero attached hydrogens (tertiary/aromatic N) is 2. The maximum atomic E-state index is 11.9. The summed E-state index contributed by atoms with van der Waals surface area (Å²) < 4.78 is 7.18. The van der Waals surface area contributed by atoms with Crippen molar-refractivity contribution in [3.8, 4) is 11.4 Å². The van der Waals surface area contributed by atoms with Gasteiger partial charge in [-0.2, -0.15) is 0 Å². The molecule has 0 fully saturated rings. The van der Waals surface area contributed by atoms with Gasteiger partial charge in [-0.1, -0.05) is 35.5 Å². The van der Waals surface area contributed by atoms with E-state index in [1.165, 1.54) is 29.5 Å². The second-order valence-corrected chi connectivity index (χ2v) is 7.45. The van der Waals surface area contributed by atoms with Crippen LogP contribution in [0.2, 0.25) is 5.02 Å². The van der Waals surface area contributed by atoms with Crippen LogP contribution in [0.25, 0.3) is 16.7 Å². The van der Waals surface area contributed by atoms with Crippen LogP contribution in [-0.4, -0.2) is 14.7 Å². The van der Waals surface area contributed by atoms with Gasteiger partial charge < -0.3 is 9.52 Å². The first-order chi connectivity index (χ1) is 13.0. The van der Waals surface area contributed by atoms with Crippen LogP contribution in [0.5, 0.6) is 5.75 Å². The molecule has 0 radical (unpaired) electrons. The van der Waals surface area contributed by atoms with E-state index in [2.05, 4.69) is 11.1 Å². The van der Waals surface area contributed by atoms with Gasteiger partial charge in [0, 0.05) is 41.4 Å². The number of imidazole rings is 1. The average molecular weight is 399 g/mol. The highest BCUT2D eigenvalue weighted by Gasteiger charge is 2.12. The molecule has 0 spiro atoms. The molecule has 5 nitrogen and oxygen atoms in total. The van der Waals surface area contributed by atoms with E-state index in [-0.39, 0.29) is 10.8 Å². The molecule has 0 saturated heterocycles. The minimum Gasteiger partial charge on any atom is -0.506 e. The van der Waals surface area contributed by atoms with Crippen LogP contribution in [0.15, 0.2) is 69.2 Å². The van der Waals surface area contributed by atoms with Gasteiger partial charge in [0.1, 0.15) is 11.3 Å². The van der Waals surface area contributed by atoms with Gasteiger partial charge in [0.05, 0.1) is 5.02 Å². The Morgan fingerprint density at radius 2 is 2.11 bits per heavy atom. The predicted octanol–water partition coefficient (Wildman–Crippen LogP) is 4.94. The van der Waals surface area contributed by atoms with Gasteiger partial charge in [0.15, 0.2) is 5.16 Å². The molecule has 2 heterocycles. The molecular formula is C20H15ClN2O3S. The first kappa shape index (κ1) is 17.7. The Kier molecular flexibility index (Phi) is 4.68. The van der Waals surface area contributed by atoms with E-state index < -0.39 is 5.63 Å². The third-order valence-corrected chi connectivity index (χ3v) is 5.46. The lowest BCUT2D eigenvalue weighted by Crippen LogP contribution is -2.01. The number of phenolic OH excluding ortho intramolecular Hbond substituents is 1. The first-order valence-corrected chi connectivity index (χ1v) is 9.56. The molecule has 0 aliphatic carbocycles. The molecule has 0 aliphatic rings. The van der Waals surface area contributed by atoms with Crippen molar-refractivity contribution in [1.82, 2.24) is 9.55 Å². The maximum Gasteiger partial charge on any atom is 0.336 e. The maximum absolute atomic E-state index is 11.9. The highest BCUT2D eigenvalue weighted by molar-refractivity contribution is 7.98. The fourth-order valence-corrected chi connectivity index (χ4v) is 4.00. The van der Waals surface area contributed by atoms with Gasteiger partial charge in [0.2, 0.25) is 0 Å². The van der Waals surface area contributed by atoms with E-state index >= 15 is 0 Å². The molecule has 0 unspecified atom stereocenters. The second-order valence-electron chi connectivity index (χ2n) is 6.10. The average Bonchev–Trinajstić information content (AvgIpc) is 3.10. The zero-order valence-electron chi connectivity index (χ0n) is 14.3. The lowest BCUT2D eigenvalue weighted by atomic mass is 10.1. The minimum absolute atomic E-state index is 0.118. The lowest BCUT2D eigenvalue weighted by Gasteiger charge is -2.09. The summed E-state index contributed by atoms with van der Waals surface area (Å²) in [4.78, 5) is 16.3. The molecule has 4 aromatic rings. The Bertz CT molecular complexity index is 1200. The molecule has 4 rings (SSSR count). The second kappa shape index (κ2) is 7.13. The van der Waals surface area contributed by atoms with Crippen molar-refractivity contribution in [1.29, 1.82) is 0 Å². The fraction of sp³-hybridized carbons (Fsp3) is 0.100. The third-order valence-electron chi connectivity index (χ3n) is 4.14. The summed E-state index contributed by atoms with van der Waals surface area (Å²) in [6.45, 7) is 2.04. The van der Waals surface area contributed by atoms with Gasteiger partial charge in [-0.15, -0.1) is 0 Å². The van der Waals surface area contributed by atoms with E-state index in [0.717, 1.165) is 16.4 Å². The zero-order chi connectivity index (χ0) is 19.0. The summed E-state index contributed by atoms with van der Waals surface area (Å²) >= 11 is 7.53. The van der Waals surface area contributed by atoms with Crippen molar-refractivity contribution >= 4 is 34.3 Å². The molecule has 2 aromatic heterocycles. The number of rotatable bonds is 4. The Morgan fingerprint density at radius 1 is 1.26 bits per heavy atom. The van der Waals surface area contributed by atoms with Gasteiger partial charge in [-0.3, -0.25) is 4.57 Å². The number of fused-ring (bicyclic) bond motifs is 1. The molecule has 2 aromatic carbocycles. The van der Waals surface area contributed by atoms with Crippen LogP contribution in [0.4, 0.5) is 0 Å². The molecule has 7 heteroatoms. The van der Waals surface area contributed by atoms with Crippen molar-refractivity contribution in [2.24, 2.45) is 0 Å².